The van der Waals surface area contributed by atoms with Crippen molar-refractivity contribution in [2.24, 2.45) is 11.8 Å². The highest BCUT2D eigenvalue weighted by Gasteiger charge is 2.34. The molecule has 0 aromatic heterocycles. The molecule has 5 nitrogen and oxygen atoms in total. The van der Waals surface area contributed by atoms with Gasteiger partial charge in [0.2, 0.25) is 5.91 Å². The molecule has 2 unspecified atom stereocenters. The minimum atomic E-state index is -0.816. The van der Waals surface area contributed by atoms with Crippen LogP contribution in [0.2, 0.25) is 0 Å². The largest absolute Gasteiger partial charge is 0.481 e. The number of carboxylic acid groups (broad SMARTS) is 1. The first-order valence-electron chi connectivity index (χ1n) is 6.74. The fraction of sp³-hybridized carbons (Fsp3) is 0.400. The molecule has 20 heavy (non-hydrogen) atoms. The van der Waals surface area contributed by atoms with Gasteiger partial charge in [-0.05, 0) is 43.0 Å². The Morgan fingerprint density at radius 3 is 2.65 bits per heavy atom. The van der Waals surface area contributed by atoms with Crippen molar-refractivity contribution in [3.63, 3.8) is 0 Å². The van der Waals surface area contributed by atoms with Crippen molar-refractivity contribution in [1.82, 2.24) is 0 Å². The molecule has 1 aromatic rings. The van der Waals surface area contributed by atoms with E-state index in [1.165, 1.54) is 0 Å². The van der Waals surface area contributed by atoms with Gasteiger partial charge in [0.05, 0.1) is 12.3 Å². The van der Waals surface area contributed by atoms with Gasteiger partial charge in [0.25, 0.3) is 0 Å². The number of hydrogen-bond acceptors (Lipinski definition) is 3. The van der Waals surface area contributed by atoms with E-state index >= 15 is 0 Å². The molecule has 1 aliphatic carbocycles. The summed E-state index contributed by atoms with van der Waals surface area (Å²) >= 11 is 0. The number of hydrogen-bond donors (Lipinski definition) is 2. The predicted octanol–water partition coefficient (Wildman–Crippen LogP) is 1.86. The van der Waals surface area contributed by atoms with Gasteiger partial charge in [-0.15, -0.1) is 0 Å². The van der Waals surface area contributed by atoms with Gasteiger partial charge in [0, 0.05) is 17.2 Å². The van der Waals surface area contributed by atoms with Crippen LogP contribution in [0.15, 0.2) is 18.2 Å². The van der Waals surface area contributed by atoms with Crippen molar-refractivity contribution in [2.75, 3.05) is 5.32 Å². The summed E-state index contributed by atoms with van der Waals surface area (Å²) in [6.45, 7) is 0. The maximum atomic E-state index is 12.4. The number of Topliss-reactive ketones (excluding diaryl/α,β-unsaturated/α-hetero) is 1. The number of nitrogens with one attached hydrogen (secondary N) is 1. The highest BCUT2D eigenvalue weighted by molar-refractivity contribution is 6.03. The van der Waals surface area contributed by atoms with Crippen molar-refractivity contribution >= 4 is 23.3 Å². The molecular weight excluding hydrogens is 258 g/mol. The molecule has 104 valence electrons. The first-order chi connectivity index (χ1) is 9.54. The number of carbonyl (C=O) groups is 3. The van der Waals surface area contributed by atoms with Gasteiger partial charge < -0.3 is 10.4 Å². The number of ketones is 1. The highest BCUT2D eigenvalue weighted by atomic mass is 16.4. The molecule has 2 N–H and O–H groups in total. The van der Waals surface area contributed by atoms with Gasteiger partial charge in [-0.25, -0.2) is 0 Å². The lowest BCUT2D eigenvalue weighted by Crippen LogP contribution is -2.14. The molecule has 1 heterocycles. The van der Waals surface area contributed by atoms with Crippen molar-refractivity contribution in [1.29, 1.82) is 0 Å². The van der Waals surface area contributed by atoms with Gasteiger partial charge in [-0.2, -0.15) is 0 Å². The van der Waals surface area contributed by atoms with E-state index in [1.807, 2.05) is 0 Å². The lowest BCUT2D eigenvalue weighted by molar-refractivity contribution is -0.141. The summed E-state index contributed by atoms with van der Waals surface area (Å²) in [4.78, 5) is 34.6. The summed E-state index contributed by atoms with van der Waals surface area (Å²) < 4.78 is 0. The van der Waals surface area contributed by atoms with Crippen LogP contribution in [0.1, 0.15) is 35.2 Å². The molecule has 1 aromatic carbocycles. The van der Waals surface area contributed by atoms with Crippen LogP contribution in [0.5, 0.6) is 0 Å². The average Bonchev–Trinajstić information content (AvgIpc) is 3.02. The van der Waals surface area contributed by atoms with E-state index in [4.69, 9.17) is 5.11 Å². The van der Waals surface area contributed by atoms with E-state index in [0.29, 0.717) is 31.2 Å². The minimum Gasteiger partial charge on any atom is -0.481 e. The Balaban J connectivity index is 1.77. The Morgan fingerprint density at radius 2 is 1.95 bits per heavy atom. The molecule has 1 fully saturated rings. The SMILES string of the molecule is O=C1Cc2cc(C(=O)C3CCC(C(=O)O)C3)ccc2N1. The second-order valence-corrected chi connectivity index (χ2v) is 5.51. The molecule has 0 saturated heterocycles. The molecular formula is C15H15NO4. The maximum absolute atomic E-state index is 12.4. The topological polar surface area (TPSA) is 83.5 Å². The van der Waals surface area contributed by atoms with Gasteiger partial charge in [0.1, 0.15) is 0 Å². The Morgan fingerprint density at radius 1 is 1.20 bits per heavy atom. The zero-order valence-corrected chi connectivity index (χ0v) is 10.9. The van der Waals surface area contributed by atoms with Crippen LogP contribution >= 0.6 is 0 Å². The fourth-order valence-electron chi connectivity index (χ4n) is 3.06. The molecule has 3 rings (SSSR count). The number of rotatable bonds is 3. The molecule has 1 saturated carbocycles. The third kappa shape index (κ3) is 2.19. The minimum absolute atomic E-state index is 0.00380. The standard InChI is InChI=1S/C15H15NO4/c17-13-7-11-6-9(3-4-12(11)16-13)14(18)8-1-2-10(5-8)15(19)20/h3-4,6,8,10H,1-2,5,7H2,(H,16,17)(H,19,20). The number of benzene rings is 1. The van der Waals surface area contributed by atoms with Crippen molar-refractivity contribution in [3.05, 3.63) is 29.3 Å². The van der Waals surface area contributed by atoms with Crippen LogP contribution in [0, 0.1) is 11.8 Å². The second-order valence-electron chi connectivity index (χ2n) is 5.51. The van der Waals surface area contributed by atoms with E-state index in [2.05, 4.69) is 5.32 Å². The first kappa shape index (κ1) is 12.8. The smallest absolute Gasteiger partial charge is 0.306 e. The Hall–Kier alpha value is -2.17. The average molecular weight is 273 g/mol. The lowest BCUT2D eigenvalue weighted by Gasteiger charge is -2.09. The van der Waals surface area contributed by atoms with Crippen LogP contribution in [-0.4, -0.2) is 22.8 Å². The molecule has 2 atom stereocenters. The summed E-state index contributed by atoms with van der Waals surface area (Å²) in [7, 11) is 0. The van der Waals surface area contributed by atoms with Gasteiger partial charge in [-0.3, -0.25) is 14.4 Å². The summed E-state index contributed by atoms with van der Waals surface area (Å²) in [5.41, 5.74) is 2.19. The van der Waals surface area contributed by atoms with E-state index < -0.39 is 11.9 Å². The van der Waals surface area contributed by atoms with Crippen molar-refractivity contribution in [2.45, 2.75) is 25.7 Å². The predicted molar refractivity (Wildman–Crippen MR) is 71.6 cm³/mol. The van der Waals surface area contributed by atoms with E-state index in [0.717, 1.165) is 11.3 Å². The third-order valence-electron chi connectivity index (χ3n) is 4.17. The number of aliphatic carboxylic acids is 1. The van der Waals surface area contributed by atoms with Crippen molar-refractivity contribution in [3.8, 4) is 0 Å². The first-order valence-corrected chi connectivity index (χ1v) is 6.74. The normalized spacial score (nSPS) is 24.3. The molecule has 5 heteroatoms. The number of anilines is 1. The van der Waals surface area contributed by atoms with Crippen LogP contribution in [-0.2, 0) is 16.0 Å². The molecule has 0 radical (unpaired) electrons. The molecule has 0 bridgehead atoms. The summed E-state index contributed by atoms with van der Waals surface area (Å²) in [6.07, 6.45) is 1.92. The zero-order valence-electron chi connectivity index (χ0n) is 10.9. The van der Waals surface area contributed by atoms with E-state index in [9.17, 15) is 14.4 Å². The monoisotopic (exact) mass is 273 g/mol. The van der Waals surface area contributed by atoms with Crippen LogP contribution < -0.4 is 5.32 Å². The van der Waals surface area contributed by atoms with E-state index in [-0.39, 0.29) is 17.6 Å². The second kappa shape index (κ2) is 4.74. The van der Waals surface area contributed by atoms with Crippen molar-refractivity contribution < 1.29 is 19.5 Å². The zero-order chi connectivity index (χ0) is 14.3. The highest BCUT2D eigenvalue weighted by Crippen LogP contribution is 2.34. The summed E-state index contributed by atoms with van der Waals surface area (Å²) in [5.74, 6) is -1.49. The Kier molecular flexibility index (Phi) is 3.04. The molecule has 2 aliphatic rings. The summed E-state index contributed by atoms with van der Waals surface area (Å²) in [5, 5.41) is 11.7. The molecule has 1 aliphatic heterocycles. The third-order valence-corrected chi connectivity index (χ3v) is 4.17. The number of carboxylic acids is 1. The number of amides is 1. The summed E-state index contributed by atoms with van der Waals surface area (Å²) in [6, 6.07) is 5.21. The van der Waals surface area contributed by atoms with Crippen LogP contribution in [0.25, 0.3) is 0 Å². The quantitative estimate of drug-likeness (QED) is 0.823. The van der Waals surface area contributed by atoms with E-state index in [1.54, 1.807) is 18.2 Å². The van der Waals surface area contributed by atoms with Gasteiger partial charge in [-0.1, -0.05) is 0 Å². The van der Waals surface area contributed by atoms with Gasteiger partial charge >= 0.3 is 5.97 Å². The lowest BCUT2D eigenvalue weighted by atomic mass is 9.93. The molecule has 1 amide bonds. The fourth-order valence-corrected chi connectivity index (χ4v) is 3.06. The Labute approximate surface area is 116 Å². The number of fused-ring (bicyclic) bond motifs is 1. The molecule has 0 spiro atoms. The van der Waals surface area contributed by atoms with Crippen LogP contribution in [0.4, 0.5) is 5.69 Å². The maximum Gasteiger partial charge on any atom is 0.306 e. The number of carbonyl (C=O) groups excluding carboxylic acids is 2. The Bertz CT molecular complexity index is 608. The van der Waals surface area contributed by atoms with Gasteiger partial charge in [0.15, 0.2) is 5.78 Å². The van der Waals surface area contributed by atoms with Crippen LogP contribution in [0.3, 0.4) is 0 Å².